The van der Waals surface area contributed by atoms with E-state index in [4.69, 9.17) is 0 Å². The fraction of sp³-hybridized carbons (Fsp3) is 0.292. The van der Waals surface area contributed by atoms with Gasteiger partial charge in [-0.2, -0.15) is 0 Å². The number of piperidine rings is 1. The molecule has 4 rings (SSSR count). The molecule has 0 spiro atoms. The van der Waals surface area contributed by atoms with Crippen LogP contribution < -0.4 is 10.2 Å². The molecule has 0 radical (unpaired) electrons. The molecule has 1 amide bonds. The summed E-state index contributed by atoms with van der Waals surface area (Å²) in [7, 11) is 0. The lowest BCUT2D eigenvalue weighted by atomic mass is 9.97. The Morgan fingerprint density at radius 1 is 1.20 bits per heavy atom. The number of hydrogen-bond donors (Lipinski definition) is 1. The van der Waals surface area contributed by atoms with Gasteiger partial charge in [0.1, 0.15) is 11.6 Å². The first-order valence-corrected chi connectivity index (χ1v) is 10.3. The summed E-state index contributed by atoms with van der Waals surface area (Å²) in [5.74, 6) is 0.916. The Morgan fingerprint density at radius 2 is 2.03 bits per heavy atom. The molecule has 1 fully saturated rings. The maximum Gasteiger partial charge on any atom is 0.225 e. The molecule has 1 atom stereocenters. The molecule has 0 aliphatic carbocycles. The van der Waals surface area contributed by atoms with Gasteiger partial charge in [-0.3, -0.25) is 4.79 Å². The van der Waals surface area contributed by atoms with Gasteiger partial charge < -0.3 is 10.2 Å². The predicted molar refractivity (Wildman–Crippen MR) is 115 cm³/mol. The Balaban J connectivity index is 1.41. The molecule has 1 N–H and O–H groups in total. The molecule has 1 aliphatic rings. The van der Waals surface area contributed by atoms with Gasteiger partial charge in [0.25, 0.3) is 0 Å². The van der Waals surface area contributed by atoms with Crippen molar-refractivity contribution in [1.82, 2.24) is 15.3 Å². The monoisotopic (exact) mass is 404 g/mol. The normalized spacial score (nSPS) is 16.3. The largest absolute Gasteiger partial charge is 0.356 e. The third-order valence-corrected chi connectivity index (χ3v) is 5.43. The summed E-state index contributed by atoms with van der Waals surface area (Å²) in [4.78, 5) is 23.7. The van der Waals surface area contributed by atoms with Crippen molar-refractivity contribution >= 4 is 11.7 Å². The van der Waals surface area contributed by atoms with E-state index in [1.165, 1.54) is 17.7 Å². The third-order valence-electron chi connectivity index (χ3n) is 5.43. The van der Waals surface area contributed by atoms with E-state index < -0.39 is 0 Å². The van der Waals surface area contributed by atoms with Crippen molar-refractivity contribution in [3.63, 3.8) is 0 Å². The third kappa shape index (κ3) is 4.82. The number of halogens is 1. The van der Waals surface area contributed by atoms with Crippen LogP contribution in [0.1, 0.15) is 24.0 Å². The Morgan fingerprint density at radius 3 is 2.83 bits per heavy atom. The van der Waals surface area contributed by atoms with E-state index in [-0.39, 0.29) is 17.6 Å². The van der Waals surface area contributed by atoms with Gasteiger partial charge in [-0.05, 0) is 43.5 Å². The van der Waals surface area contributed by atoms with Crippen molar-refractivity contribution in [3.8, 4) is 11.4 Å². The Kier molecular flexibility index (Phi) is 6.02. The summed E-state index contributed by atoms with van der Waals surface area (Å²) in [5, 5.41) is 3.06. The van der Waals surface area contributed by atoms with E-state index in [0.29, 0.717) is 24.5 Å². The minimum Gasteiger partial charge on any atom is -0.356 e. The summed E-state index contributed by atoms with van der Waals surface area (Å²) in [6.45, 7) is 4.03. The number of nitrogens with one attached hydrogen (secondary N) is 1. The van der Waals surface area contributed by atoms with Crippen LogP contribution in [-0.4, -0.2) is 29.0 Å². The van der Waals surface area contributed by atoms with Crippen LogP contribution >= 0.6 is 0 Å². The van der Waals surface area contributed by atoms with Gasteiger partial charge in [-0.25, -0.2) is 14.4 Å². The molecular formula is C24H25FN4O. The number of nitrogens with zero attached hydrogens (tertiary/aromatic N) is 3. The summed E-state index contributed by atoms with van der Waals surface area (Å²) in [6.07, 6.45) is 3.46. The van der Waals surface area contributed by atoms with Crippen LogP contribution in [0.4, 0.5) is 10.2 Å². The van der Waals surface area contributed by atoms with Crippen molar-refractivity contribution in [2.24, 2.45) is 5.92 Å². The first-order valence-electron chi connectivity index (χ1n) is 10.3. The molecule has 30 heavy (non-hydrogen) atoms. The lowest BCUT2D eigenvalue weighted by Gasteiger charge is -2.33. The number of aryl methyl sites for hydroxylation is 1. The fourth-order valence-electron chi connectivity index (χ4n) is 3.73. The minimum absolute atomic E-state index is 0.0692. The number of benzene rings is 2. The summed E-state index contributed by atoms with van der Waals surface area (Å²) in [5.41, 5.74) is 2.94. The van der Waals surface area contributed by atoms with Crippen LogP contribution in [0.5, 0.6) is 0 Å². The maximum absolute atomic E-state index is 13.6. The smallest absolute Gasteiger partial charge is 0.225 e. The van der Waals surface area contributed by atoms with Crippen LogP contribution in [0.3, 0.4) is 0 Å². The van der Waals surface area contributed by atoms with Crippen LogP contribution in [0.15, 0.2) is 60.8 Å². The molecule has 6 heteroatoms. The topological polar surface area (TPSA) is 58.1 Å². The first kappa shape index (κ1) is 20.0. The standard InChI is InChI=1S/C24H25FN4O/c1-17-7-9-18(10-8-17)15-27-24(30)20-5-3-13-29(16-20)22-11-12-26-23(28-22)19-4-2-6-21(25)14-19/h2,4,6-12,14,20H,3,5,13,15-16H2,1H3,(H,27,30)/t20-/m1/s1. The second-order valence-corrected chi connectivity index (χ2v) is 7.74. The molecule has 154 valence electrons. The lowest BCUT2D eigenvalue weighted by molar-refractivity contribution is -0.125. The summed E-state index contributed by atoms with van der Waals surface area (Å²) >= 11 is 0. The predicted octanol–water partition coefficient (Wildman–Crippen LogP) is 4.12. The number of amides is 1. The fourth-order valence-corrected chi connectivity index (χ4v) is 3.73. The van der Waals surface area contributed by atoms with E-state index in [1.807, 2.05) is 25.1 Å². The van der Waals surface area contributed by atoms with Crippen molar-refractivity contribution in [3.05, 3.63) is 77.7 Å². The molecule has 2 aromatic carbocycles. The van der Waals surface area contributed by atoms with Crippen molar-refractivity contribution < 1.29 is 9.18 Å². The highest BCUT2D eigenvalue weighted by Crippen LogP contribution is 2.24. The van der Waals surface area contributed by atoms with Gasteiger partial charge in [-0.15, -0.1) is 0 Å². The number of anilines is 1. The molecule has 1 aliphatic heterocycles. The highest BCUT2D eigenvalue weighted by atomic mass is 19.1. The van der Waals surface area contributed by atoms with E-state index in [2.05, 4.69) is 32.3 Å². The molecule has 5 nitrogen and oxygen atoms in total. The molecule has 1 saturated heterocycles. The molecule has 0 unspecified atom stereocenters. The molecule has 3 aromatic rings. The van der Waals surface area contributed by atoms with Crippen LogP contribution in [0.25, 0.3) is 11.4 Å². The van der Waals surface area contributed by atoms with Gasteiger partial charge in [0.05, 0.1) is 5.92 Å². The minimum atomic E-state index is -0.315. The van der Waals surface area contributed by atoms with E-state index in [9.17, 15) is 9.18 Å². The zero-order valence-electron chi connectivity index (χ0n) is 17.0. The second-order valence-electron chi connectivity index (χ2n) is 7.74. The van der Waals surface area contributed by atoms with E-state index in [1.54, 1.807) is 18.3 Å². The number of aromatic nitrogens is 2. The van der Waals surface area contributed by atoms with Crippen molar-refractivity contribution in [2.75, 3.05) is 18.0 Å². The molecule has 0 bridgehead atoms. The van der Waals surface area contributed by atoms with Crippen molar-refractivity contribution in [1.29, 1.82) is 0 Å². The van der Waals surface area contributed by atoms with Crippen LogP contribution in [-0.2, 0) is 11.3 Å². The zero-order chi connectivity index (χ0) is 20.9. The van der Waals surface area contributed by atoms with Gasteiger partial charge in [0, 0.05) is 31.4 Å². The maximum atomic E-state index is 13.6. The number of carbonyl (C=O) groups excluding carboxylic acids is 1. The van der Waals surface area contributed by atoms with Gasteiger partial charge >= 0.3 is 0 Å². The van der Waals surface area contributed by atoms with Crippen LogP contribution in [0, 0.1) is 18.7 Å². The van der Waals surface area contributed by atoms with Gasteiger partial charge in [0.2, 0.25) is 5.91 Å². The quantitative estimate of drug-likeness (QED) is 0.695. The summed E-state index contributed by atoms with van der Waals surface area (Å²) < 4.78 is 13.6. The SMILES string of the molecule is Cc1ccc(CNC(=O)[C@@H]2CCCN(c3ccnc(-c4cccc(F)c4)n3)C2)cc1. The highest BCUT2D eigenvalue weighted by molar-refractivity contribution is 5.79. The average Bonchev–Trinajstić information content (AvgIpc) is 2.79. The zero-order valence-corrected chi connectivity index (χ0v) is 17.0. The number of hydrogen-bond acceptors (Lipinski definition) is 4. The lowest BCUT2D eigenvalue weighted by Crippen LogP contribution is -2.43. The number of carbonyl (C=O) groups is 1. The molecule has 0 saturated carbocycles. The van der Waals surface area contributed by atoms with E-state index in [0.717, 1.165) is 30.8 Å². The Labute approximate surface area is 176 Å². The highest BCUT2D eigenvalue weighted by Gasteiger charge is 2.26. The van der Waals surface area contributed by atoms with Gasteiger partial charge in [0.15, 0.2) is 5.82 Å². The van der Waals surface area contributed by atoms with Gasteiger partial charge in [-0.1, -0.05) is 42.0 Å². The second kappa shape index (κ2) is 9.03. The van der Waals surface area contributed by atoms with E-state index >= 15 is 0 Å². The average molecular weight is 404 g/mol. The Bertz CT molecular complexity index is 1020. The molecule has 2 heterocycles. The Hall–Kier alpha value is -3.28. The first-order chi connectivity index (χ1) is 14.6. The summed E-state index contributed by atoms with van der Waals surface area (Å²) in [6, 6.07) is 16.3. The number of rotatable bonds is 5. The van der Waals surface area contributed by atoms with Crippen LogP contribution in [0.2, 0.25) is 0 Å². The van der Waals surface area contributed by atoms with Crippen molar-refractivity contribution in [2.45, 2.75) is 26.3 Å². The molecule has 1 aromatic heterocycles. The molecular weight excluding hydrogens is 379 g/mol.